The fourth-order valence-electron chi connectivity index (χ4n) is 8.62. The Hall–Kier alpha value is -5.92. The highest BCUT2D eigenvalue weighted by molar-refractivity contribution is 5.91. The van der Waals surface area contributed by atoms with E-state index in [-0.39, 0.29) is 35.7 Å². The normalized spacial score (nSPS) is 18.0. The number of hydrogen-bond acceptors (Lipinski definition) is 8. The van der Waals surface area contributed by atoms with E-state index >= 15 is 0 Å². The number of nitrogens with zero attached hydrogens (tertiary/aromatic N) is 4. The van der Waals surface area contributed by atoms with Crippen molar-refractivity contribution in [1.82, 2.24) is 40.4 Å². The van der Waals surface area contributed by atoms with Crippen LogP contribution in [0.2, 0.25) is 0 Å². The highest BCUT2D eigenvalue weighted by Crippen LogP contribution is 2.38. The Labute approximate surface area is 338 Å². The topological polar surface area (TPSA) is 175 Å². The molecule has 2 saturated heterocycles. The molecule has 14 heteroatoms. The second-order valence-electron chi connectivity index (χ2n) is 16.2. The van der Waals surface area contributed by atoms with Crippen LogP contribution in [-0.2, 0) is 19.1 Å². The van der Waals surface area contributed by atoms with Crippen LogP contribution in [0.25, 0.3) is 44.3 Å². The van der Waals surface area contributed by atoms with Gasteiger partial charge in [0.1, 0.15) is 23.7 Å². The van der Waals surface area contributed by atoms with Crippen molar-refractivity contribution in [3.63, 3.8) is 0 Å². The molecule has 2 aliphatic rings. The number of benzene rings is 3. The maximum absolute atomic E-state index is 13.7. The van der Waals surface area contributed by atoms with Gasteiger partial charge < -0.3 is 39.9 Å². The second kappa shape index (κ2) is 16.5. The van der Waals surface area contributed by atoms with Gasteiger partial charge in [-0.15, -0.1) is 0 Å². The van der Waals surface area contributed by atoms with Gasteiger partial charge in [0.05, 0.1) is 48.4 Å². The van der Waals surface area contributed by atoms with Gasteiger partial charge >= 0.3 is 12.2 Å². The van der Waals surface area contributed by atoms with E-state index in [9.17, 15) is 19.2 Å². The van der Waals surface area contributed by atoms with Gasteiger partial charge in [-0.05, 0) is 96.9 Å². The van der Waals surface area contributed by atoms with E-state index < -0.39 is 24.3 Å². The predicted octanol–water partition coefficient (Wildman–Crippen LogP) is 7.48. The lowest BCUT2D eigenvalue weighted by Gasteiger charge is -2.29. The molecule has 14 nitrogen and oxygen atoms in total. The number of ether oxygens (including phenoxy) is 2. The van der Waals surface area contributed by atoms with Crippen molar-refractivity contribution in [3.05, 3.63) is 71.3 Å². The molecule has 2 fully saturated rings. The van der Waals surface area contributed by atoms with Crippen LogP contribution in [0.1, 0.15) is 88.2 Å². The molecule has 2 aliphatic heterocycles. The van der Waals surface area contributed by atoms with Crippen LogP contribution >= 0.6 is 0 Å². The third-order valence-electron chi connectivity index (χ3n) is 11.8. The number of H-pyrrole nitrogens is 2. The van der Waals surface area contributed by atoms with Crippen molar-refractivity contribution >= 4 is 46.1 Å². The van der Waals surface area contributed by atoms with Crippen LogP contribution in [-0.4, -0.2) is 93.1 Å². The van der Waals surface area contributed by atoms with Gasteiger partial charge in [0.25, 0.3) is 0 Å². The molecule has 2 aromatic heterocycles. The average molecular weight is 791 g/mol. The zero-order valence-electron chi connectivity index (χ0n) is 34.6. The lowest BCUT2D eigenvalue weighted by molar-refractivity contribution is -0.136. The smallest absolute Gasteiger partial charge is 0.407 e. The van der Waals surface area contributed by atoms with Gasteiger partial charge in [-0.2, -0.15) is 0 Å². The molecule has 0 saturated carbocycles. The van der Waals surface area contributed by atoms with E-state index in [1.165, 1.54) is 14.2 Å². The van der Waals surface area contributed by atoms with Crippen LogP contribution in [0.4, 0.5) is 9.59 Å². The summed E-state index contributed by atoms with van der Waals surface area (Å²) in [6.07, 6.45) is 2.00. The predicted molar refractivity (Wildman–Crippen MR) is 222 cm³/mol. The van der Waals surface area contributed by atoms with E-state index in [1.54, 1.807) is 0 Å². The molecule has 4 atom stereocenters. The van der Waals surface area contributed by atoms with Crippen LogP contribution < -0.4 is 10.6 Å². The number of imidazole rings is 2. The summed E-state index contributed by atoms with van der Waals surface area (Å²) in [5, 5.41) is 5.43. The average Bonchev–Trinajstić information content (AvgIpc) is 4.04. The molecule has 4 heterocycles. The van der Waals surface area contributed by atoms with Crippen molar-refractivity contribution in [2.75, 3.05) is 27.3 Å². The number of likely N-dealkylation sites (tertiary alicyclic amines) is 2. The summed E-state index contributed by atoms with van der Waals surface area (Å²) in [6.45, 7) is 13.0. The van der Waals surface area contributed by atoms with Crippen LogP contribution in [0.3, 0.4) is 0 Å². The molecule has 4 amide bonds. The van der Waals surface area contributed by atoms with Gasteiger partial charge in [-0.25, -0.2) is 19.6 Å². The maximum atomic E-state index is 13.7. The monoisotopic (exact) mass is 790 g/mol. The molecular formula is C44H54N8O6. The van der Waals surface area contributed by atoms with E-state index in [0.717, 1.165) is 92.8 Å². The van der Waals surface area contributed by atoms with Gasteiger partial charge in [0, 0.05) is 13.1 Å². The van der Waals surface area contributed by atoms with Crippen molar-refractivity contribution in [2.45, 2.75) is 91.4 Å². The van der Waals surface area contributed by atoms with Gasteiger partial charge in [0.2, 0.25) is 11.8 Å². The minimum Gasteiger partial charge on any atom is -0.453 e. The number of nitrogens with one attached hydrogen (secondary N) is 4. The van der Waals surface area contributed by atoms with E-state index in [0.29, 0.717) is 13.1 Å². The summed E-state index contributed by atoms with van der Waals surface area (Å²) in [5.41, 5.74) is 9.88. The Bertz CT molecular complexity index is 2180. The number of aromatic nitrogens is 4. The Morgan fingerprint density at radius 1 is 0.638 bits per heavy atom. The number of aromatic amines is 2. The van der Waals surface area contributed by atoms with Crippen LogP contribution in [0.5, 0.6) is 0 Å². The highest BCUT2D eigenvalue weighted by atomic mass is 16.5. The molecular weight excluding hydrogens is 737 g/mol. The Kier molecular flexibility index (Phi) is 11.5. The molecule has 0 spiro atoms. The number of methoxy groups -OCH3 is 2. The SMILES string of the molecule is COC(=O)N[C@H](C(=O)N1CCC[C@H]1c1nc2c(C)c(-c3ccc(-c4ccc5[nH]c([C@@H]6CCCN6C(=O)[C@@H](NC(=O)OC)C(C)C)nc5c4C)cc3)ccc2[nH]1)C(C)C. The Morgan fingerprint density at radius 2 is 1.02 bits per heavy atom. The van der Waals surface area contributed by atoms with Crippen LogP contribution in [0, 0.1) is 25.7 Å². The standard InChI is InChI=1S/C44H54N8O6/c1-23(2)35(49-43(55)57-7)41(53)51-21-9-11-33(51)39-45-31-19-17-29(25(5)37(31)47-39)27-13-15-28(16-14-27)30-18-20-32-38(26(30)6)48-40(46-32)34-12-10-22-52(34)42(54)36(24(3)4)50-44(56)58-8/h13-20,23-24,33-36H,9-12,21-22H2,1-8H3,(H,45,47)(H,46,48)(H,49,55)(H,50,56)/t33-,34-,35-,36-/m0/s1. The van der Waals surface area contributed by atoms with Crippen molar-refractivity contribution in [1.29, 1.82) is 0 Å². The Balaban J connectivity index is 1.11. The largest absolute Gasteiger partial charge is 0.453 e. The molecule has 0 unspecified atom stereocenters. The molecule has 4 N–H and O–H groups in total. The number of rotatable bonds is 10. The summed E-state index contributed by atoms with van der Waals surface area (Å²) < 4.78 is 9.58. The summed E-state index contributed by atoms with van der Waals surface area (Å²) in [7, 11) is 2.59. The van der Waals surface area contributed by atoms with Crippen molar-refractivity contribution in [3.8, 4) is 22.3 Å². The maximum Gasteiger partial charge on any atom is 0.407 e. The first kappa shape index (κ1) is 40.3. The first-order chi connectivity index (χ1) is 27.8. The quantitative estimate of drug-likeness (QED) is 0.113. The molecule has 5 aromatic rings. The zero-order valence-corrected chi connectivity index (χ0v) is 34.6. The minimum atomic E-state index is -0.696. The van der Waals surface area contributed by atoms with Gasteiger partial charge in [-0.3, -0.25) is 9.59 Å². The summed E-state index contributed by atoms with van der Waals surface area (Å²) in [5.74, 6) is 0.986. The third kappa shape index (κ3) is 7.59. The molecule has 306 valence electrons. The number of hydrogen-bond donors (Lipinski definition) is 4. The lowest BCUT2D eigenvalue weighted by atomic mass is 9.95. The third-order valence-corrected chi connectivity index (χ3v) is 11.8. The number of carbonyl (C=O) groups is 4. The zero-order chi connectivity index (χ0) is 41.4. The lowest BCUT2D eigenvalue weighted by Crippen LogP contribution is -2.51. The molecule has 0 radical (unpaired) electrons. The summed E-state index contributed by atoms with van der Waals surface area (Å²) in [6, 6.07) is 15.0. The molecule has 58 heavy (non-hydrogen) atoms. The van der Waals surface area contributed by atoms with Gasteiger partial charge in [0.15, 0.2) is 0 Å². The Morgan fingerprint density at radius 3 is 1.36 bits per heavy atom. The summed E-state index contributed by atoms with van der Waals surface area (Å²) >= 11 is 0. The minimum absolute atomic E-state index is 0.112. The summed E-state index contributed by atoms with van der Waals surface area (Å²) in [4.78, 5) is 72.2. The molecule has 0 bridgehead atoms. The molecule has 0 aliphatic carbocycles. The second-order valence-corrected chi connectivity index (χ2v) is 16.2. The fraction of sp³-hybridized carbons (Fsp3) is 0.455. The van der Waals surface area contributed by atoms with E-state index in [1.807, 2.05) is 49.6 Å². The first-order valence-electron chi connectivity index (χ1n) is 20.2. The van der Waals surface area contributed by atoms with Crippen molar-refractivity contribution in [2.24, 2.45) is 11.8 Å². The first-order valence-corrected chi connectivity index (χ1v) is 20.2. The number of amides is 4. The molecule has 7 rings (SSSR count). The number of fused-ring (bicyclic) bond motifs is 2. The number of alkyl carbamates (subject to hydrolysis) is 2. The fourth-order valence-corrected chi connectivity index (χ4v) is 8.62. The van der Waals surface area contributed by atoms with E-state index in [2.05, 4.69) is 70.8 Å². The van der Waals surface area contributed by atoms with E-state index in [4.69, 9.17) is 19.4 Å². The van der Waals surface area contributed by atoms with Gasteiger partial charge in [-0.1, -0.05) is 64.1 Å². The highest BCUT2D eigenvalue weighted by Gasteiger charge is 2.39. The number of carbonyl (C=O) groups excluding carboxylic acids is 4. The molecule has 3 aromatic carbocycles. The van der Waals surface area contributed by atoms with Crippen LogP contribution in [0.15, 0.2) is 48.5 Å². The number of aryl methyl sites for hydroxylation is 2. The van der Waals surface area contributed by atoms with Crippen molar-refractivity contribution < 1.29 is 28.7 Å².